The second kappa shape index (κ2) is 10.5. The fraction of sp³-hybridized carbons (Fsp3) is 0.367. The molecule has 5 rings (SSSR count). The van der Waals surface area contributed by atoms with Crippen molar-refractivity contribution in [1.29, 1.82) is 0 Å². The number of amides is 1. The molecule has 0 bridgehead atoms. The monoisotopic (exact) mass is 487 g/mol. The molecule has 2 aliphatic heterocycles. The molecule has 0 aromatic heterocycles. The number of hydrogen-bond acceptors (Lipinski definition) is 3. The highest BCUT2D eigenvalue weighted by Gasteiger charge is 2.38. The van der Waals surface area contributed by atoms with Crippen molar-refractivity contribution in [1.82, 2.24) is 9.80 Å². The zero-order chi connectivity index (χ0) is 24.4. The van der Waals surface area contributed by atoms with Crippen molar-refractivity contribution in [2.24, 2.45) is 5.73 Å². The molecule has 2 N–H and O–H groups in total. The van der Waals surface area contributed by atoms with E-state index < -0.39 is 0 Å². The Morgan fingerprint density at radius 1 is 0.971 bits per heavy atom. The van der Waals surface area contributed by atoms with Crippen LogP contribution in [0.2, 0.25) is 5.02 Å². The predicted molar refractivity (Wildman–Crippen MR) is 143 cm³/mol. The van der Waals surface area contributed by atoms with Gasteiger partial charge in [-0.2, -0.15) is 0 Å². The highest BCUT2D eigenvalue weighted by Crippen LogP contribution is 2.35. The summed E-state index contributed by atoms with van der Waals surface area (Å²) < 4.78 is 0. The molecule has 0 saturated carbocycles. The van der Waals surface area contributed by atoms with Crippen LogP contribution in [-0.4, -0.2) is 47.9 Å². The van der Waals surface area contributed by atoms with Gasteiger partial charge in [0, 0.05) is 48.2 Å². The fourth-order valence-corrected chi connectivity index (χ4v) is 5.86. The third-order valence-electron chi connectivity index (χ3n) is 7.69. The van der Waals surface area contributed by atoms with Crippen molar-refractivity contribution in [3.8, 4) is 0 Å². The van der Waals surface area contributed by atoms with E-state index in [2.05, 4.69) is 52.3 Å². The number of nitrogens with two attached hydrogens (primary N) is 1. The quantitative estimate of drug-likeness (QED) is 0.474. The van der Waals surface area contributed by atoms with Crippen molar-refractivity contribution in [3.05, 3.63) is 106 Å². The van der Waals surface area contributed by atoms with Gasteiger partial charge in [0.25, 0.3) is 5.91 Å². The van der Waals surface area contributed by atoms with Crippen LogP contribution in [0.15, 0.2) is 78.9 Å². The lowest BCUT2D eigenvalue weighted by Gasteiger charge is -2.29. The first-order valence-electron chi connectivity index (χ1n) is 12.7. The van der Waals surface area contributed by atoms with Crippen LogP contribution in [0.1, 0.15) is 64.7 Å². The average molecular weight is 488 g/mol. The van der Waals surface area contributed by atoms with E-state index in [-0.39, 0.29) is 18.0 Å². The van der Waals surface area contributed by atoms with Crippen molar-refractivity contribution in [2.45, 2.75) is 43.7 Å². The minimum Gasteiger partial charge on any atom is -0.334 e. The first-order chi connectivity index (χ1) is 17.0. The lowest BCUT2D eigenvalue weighted by atomic mass is 9.96. The summed E-state index contributed by atoms with van der Waals surface area (Å²) in [6.45, 7) is 5.71. The van der Waals surface area contributed by atoms with Crippen molar-refractivity contribution in [2.75, 3.05) is 26.2 Å². The summed E-state index contributed by atoms with van der Waals surface area (Å²) >= 11 is 6.14. The minimum atomic E-state index is -0.0986. The SMILES string of the molecule is CC(N)c1cccc(C(=O)N2C[C@@H](c3ccc(Cl)cc3)C[C@H]2CN2CCC(c3ccccc3)C2)c1. The molecule has 0 radical (unpaired) electrons. The van der Waals surface area contributed by atoms with E-state index in [0.717, 1.165) is 48.7 Å². The van der Waals surface area contributed by atoms with Crippen molar-refractivity contribution < 1.29 is 4.79 Å². The molecule has 182 valence electrons. The number of carbonyl (C=O) groups excluding carboxylic acids is 1. The normalized spacial score (nSPS) is 23.5. The van der Waals surface area contributed by atoms with Crippen LogP contribution in [0.4, 0.5) is 0 Å². The first-order valence-corrected chi connectivity index (χ1v) is 13.0. The third kappa shape index (κ3) is 5.45. The van der Waals surface area contributed by atoms with Gasteiger partial charge >= 0.3 is 0 Å². The number of benzene rings is 3. The second-order valence-electron chi connectivity index (χ2n) is 10.2. The van der Waals surface area contributed by atoms with Gasteiger partial charge in [0.2, 0.25) is 0 Å². The Hall–Kier alpha value is -2.66. The van der Waals surface area contributed by atoms with Crippen molar-refractivity contribution >= 4 is 17.5 Å². The summed E-state index contributed by atoms with van der Waals surface area (Å²) in [6.07, 6.45) is 2.13. The Kier molecular flexibility index (Phi) is 7.24. The Morgan fingerprint density at radius 3 is 2.46 bits per heavy atom. The first kappa shape index (κ1) is 24.1. The summed E-state index contributed by atoms with van der Waals surface area (Å²) in [5.74, 6) is 0.981. The molecule has 2 saturated heterocycles. The minimum absolute atomic E-state index is 0.0986. The van der Waals surface area contributed by atoms with Crippen LogP contribution in [0.3, 0.4) is 0 Å². The number of rotatable bonds is 6. The van der Waals surface area contributed by atoms with Crippen LogP contribution in [-0.2, 0) is 0 Å². The molecule has 2 fully saturated rings. The maximum absolute atomic E-state index is 13.8. The maximum Gasteiger partial charge on any atom is 0.254 e. The Morgan fingerprint density at radius 2 is 1.71 bits per heavy atom. The zero-order valence-electron chi connectivity index (χ0n) is 20.3. The summed E-state index contributed by atoms with van der Waals surface area (Å²) in [5.41, 5.74) is 10.5. The molecule has 0 spiro atoms. The molecule has 4 atom stereocenters. The largest absolute Gasteiger partial charge is 0.334 e. The Balaban J connectivity index is 1.35. The molecule has 2 heterocycles. The predicted octanol–water partition coefficient (Wildman–Crippen LogP) is 5.85. The number of likely N-dealkylation sites (tertiary alicyclic amines) is 2. The van der Waals surface area contributed by atoms with E-state index in [0.29, 0.717) is 11.8 Å². The maximum atomic E-state index is 13.8. The number of halogens is 1. The van der Waals surface area contributed by atoms with Crippen molar-refractivity contribution in [3.63, 3.8) is 0 Å². The van der Waals surface area contributed by atoms with E-state index in [9.17, 15) is 4.79 Å². The number of hydrogen-bond donors (Lipinski definition) is 1. The molecule has 2 aliphatic rings. The van der Waals surface area contributed by atoms with Gasteiger partial charge in [0.05, 0.1) is 0 Å². The number of carbonyl (C=O) groups is 1. The lowest BCUT2D eigenvalue weighted by molar-refractivity contribution is 0.0707. The van der Waals surface area contributed by atoms with Crippen LogP contribution in [0.25, 0.3) is 0 Å². The summed E-state index contributed by atoms with van der Waals surface area (Å²) in [7, 11) is 0. The second-order valence-corrected chi connectivity index (χ2v) is 10.6. The van der Waals surface area contributed by atoms with Crippen LogP contribution >= 0.6 is 11.6 Å². The lowest BCUT2D eigenvalue weighted by Crippen LogP contribution is -2.42. The molecule has 5 heteroatoms. The molecule has 0 aliphatic carbocycles. The van der Waals surface area contributed by atoms with E-state index in [1.54, 1.807) is 0 Å². The molecule has 3 aromatic carbocycles. The van der Waals surface area contributed by atoms with Gasteiger partial charge in [-0.3, -0.25) is 4.79 Å². The molecule has 4 nitrogen and oxygen atoms in total. The van der Waals surface area contributed by atoms with Gasteiger partial charge in [0.15, 0.2) is 0 Å². The van der Waals surface area contributed by atoms with Gasteiger partial charge in [0.1, 0.15) is 0 Å². The standard InChI is InChI=1S/C30H34ClN3O/c1-21(32)24-8-5-9-25(16-24)30(35)34-19-27(23-10-12-28(31)13-11-23)17-29(34)20-33-15-14-26(18-33)22-6-3-2-4-7-22/h2-13,16,21,26-27,29H,14-15,17-20,32H2,1H3/t21?,26?,27-,29-/m0/s1. The molecular weight excluding hydrogens is 454 g/mol. The average Bonchev–Trinajstić information content (AvgIpc) is 3.52. The summed E-state index contributed by atoms with van der Waals surface area (Å²) in [5, 5.41) is 0.743. The Labute approximate surface area is 213 Å². The van der Waals surface area contributed by atoms with Gasteiger partial charge in [-0.1, -0.05) is 66.2 Å². The van der Waals surface area contributed by atoms with Crippen LogP contribution < -0.4 is 5.73 Å². The molecule has 3 aromatic rings. The summed E-state index contributed by atoms with van der Waals surface area (Å²) in [6, 6.07) is 26.8. The highest BCUT2D eigenvalue weighted by molar-refractivity contribution is 6.30. The van der Waals surface area contributed by atoms with E-state index in [4.69, 9.17) is 17.3 Å². The van der Waals surface area contributed by atoms with Gasteiger partial charge in [-0.05, 0) is 73.2 Å². The van der Waals surface area contributed by atoms with Gasteiger partial charge in [-0.25, -0.2) is 0 Å². The highest BCUT2D eigenvalue weighted by atomic mass is 35.5. The fourth-order valence-electron chi connectivity index (χ4n) is 5.73. The van der Waals surface area contributed by atoms with Gasteiger partial charge < -0.3 is 15.5 Å². The van der Waals surface area contributed by atoms with E-state index in [1.807, 2.05) is 43.3 Å². The molecular formula is C30H34ClN3O. The topological polar surface area (TPSA) is 49.6 Å². The van der Waals surface area contributed by atoms with Crippen LogP contribution in [0, 0.1) is 0 Å². The van der Waals surface area contributed by atoms with Crippen LogP contribution in [0.5, 0.6) is 0 Å². The number of nitrogens with zero attached hydrogens (tertiary/aromatic N) is 2. The van der Waals surface area contributed by atoms with E-state index >= 15 is 0 Å². The Bertz CT molecular complexity index is 1150. The molecule has 2 unspecified atom stereocenters. The third-order valence-corrected chi connectivity index (χ3v) is 7.94. The molecule has 1 amide bonds. The zero-order valence-corrected chi connectivity index (χ0v) is 21.1. The van der Waals surface area contributed by atoms with Gasteiger partial charge in [-0.15, -0.1) is 0 Å². The summed E-state index contributed by atoms with van der Waals surface area (Å²) in [4.78, 5) is 18.4. The smallest absolute Gasteiger partial charge is 0.254 e. The molecule has 35 heavy (non-hydrogen) atoms. The van der Waals surface area contributed by atoms with E-state index in [1.165, 1.54) is 17.5 Å².